The van der Waals surface area contributed by atoms with Gasteiger partial charge in [-0.05, 0) is 76.9 Å². The fraction of sp³-hybridized carbons (Fsp3) is 0. The molecule has 6 nitrogen and oxygen atoms in total. The van der Waals surface area contributed by atoms with Crippen LogP contribution in [0.2, 0.25) is 0 Å². The predicted molar refractivity (Wildman–Crippen MR) is 135 cm³/mol. The van der Waals surface area contributed by atoms with Crippen LogP contribution in [0.3, 0.4) is 0 Å². The lowest BCUT2D eigenvalue weighted by molar-refractivity contribution is 0.0686. The molecule has 0 bridgehead atoms. The second-order valence-electron chi connectivity index (χ2n) is 7.04. The lowest BCUT2D eigenvalue weighted by atomic mass is 10.0. The number of pyridine rings is 2. The van der Waals surface area contributed by atoms with Gasteiger partial charge in [-0.2, -0.15) is 0 Å². The van der Waals surface area contributed by atoms with Gasteiger partial charge in [0, 0.05) is 23.8 Å². The molecule has 0 saturated carbocycles. The van der Waals surface area contributed by atoms with Crippen molar-refractivity contribution in [1.29, 1.82) is 0 Å². The number of nitrogens with zero attached hydrogens (tertiary/aromatic N) is 2. The van der Waals surface area contributed by atoms with Gasteiger partial charge in [0.2, 0.25) is 0 Å². The van der Waals surface area contributed by atoms with Crippen LogP contribution in [0.25, 0.3) is 23.3 Å². The summed E-state index contributed by atoms with van der Waals surface area (Å²) in [6.07, 6.45) is 8.99. The van der Waals surface area contributed by atoms with Crippen molar-refractivity contribution < 1.29 is 19.8 Å². The lowest BCUT2D eigenvalue weighted by Gasteiger charge is -2.05. The Morgan fingerprint density at radius 3 is 1.65 bits per heavy atom. The zero-order valence-corrected chi connectivity index (χ0v) is 19.3. The molecule has 172 valence electrons. The van der Waals surface area contributed by atoms with Gasteiger partial charge in [0.15, 0.2) is 0 Å². The van der Waals surface area contributed by atoms with E-state index in [2.05, 4.69) is 9.97 Å². The molecule has 0 unspecified atom stereocenters. The highest BCUT2D eigenvalue weighted by molar-refractivity contribution is 5.88. The Hall–Kier alpha value is -4.00. The van der Waals surface area contributed by atoms with Crippen molar-refractivity contribution in [3.8, 4) is 11.1 Å². The van der Waals surface area contributed by atoms with Crippen molar-refractivity contribution in [3.63, 3.8) is 0 Å². The molecular formula is C26H20Cl2N2O4. The molecular weight excluding hydrogens is 475 g/mol. The van der Waals surface area contributed by atoms with Crippen molar-refractivity contribution in [2.24, 2.45) is 0 Å². The first-order valence-electron chi connectivity index (χ1n) is 9.77. The van der Waals surface area contributed by atoms with E-state index in [1.807, 2.05) is 30.4 Å². The van der Waals surface area contributed by atoms with E-state index in [0.29, 0.717) is 5.35 Å². The van der Waals surface area contributed by atoms with E-state index >= 15 is 0 Å². The zero-order chi connectivity index (χ0) is 22.5. The molecule has 2 aromatic heterocycles. The molecule has 0 radical (unpaired) electrons. The molecule has 34 heavy (non-hydrogen) atoms. The summed E-state index contributed by atoms with van der Waals surface area (Å²) in [5.74, 6) is -1.96. The number of hydrogen-bond donors (Lipinski definition) is 2. The largest absolute Gasteiger partial charge is 0.478 e. The number of hydrogen-bond acceptors (Lipinski definition) is 4. The third kappa shape index (κ3) is 6.07. The smallest absolute Gasteiger partial charge is 0.335 e. The number of aromatic nitrogens is 2. The van der Waals surface area contributed by atoms with Crippen LogP contribution in [0.5, 0.6) is 0 Å². The molecule has 0 atom stereocenters. The highest BCUT2D eigenvalue weighted by atomic mass is 35.5. The normalized spacial score (nSPS) is 11.3. The molecule has 2 aromatic carbocycles. The van der Waals surface area contributed by atoms with Gasteiger partial charge in [0.05, 0.1) is 16.5 Å². The van der Waals surface area contributed by atoms with E-state index in [1.165, 1.54) is 0 Å². The molecule has 0 fully saturated rings. The van der Waals surface area contributed by atoms with Gasteiger partial charge in [-0.15, -0.1) is 24.8 Å². The first-order valence-corrected chi connectivity index (χ1v) is 9.77. The monoisotopic (exact) mass is 494 g/mol. The predicted octanol–water partition coefficient (Wildman–Crippen LogP) is 4.04. The molecule has 0 saturated heterocycles. The van der Waals surface area contributed by atoms with Crippen molar-refractivity contribution >= 4 is 48.9 Å². The van der Waals surface area contributed by atoms with Crippen molar-refractivity contribution in [2.75, 3.05) is 0 Å². The fourth-order valence-corrected chi connectivity index (χ4v) is 3.31. The van der Waals surface area contributed by atoms with E-state index in [0.717, 1.165) is 27.5 Å². The summed E-state index contributed by atoms with van der Waals surface area (Å²) in [6, 6.07) is 18.9. The summed E-state index contributed by atoms with van der Waals surface area (Å²) in [7, 11) is 0. The molecule has 0 aliphatic rings. The number of aromatic carboxylic acids is 2. The summed E-state index contributed by atoms with van der Waals surface area (Å²) in [6.45, 7) is 0. The third-order valence-corrected chi connectivity index (χ3v) is 4.94. The Labute approximate surface area is 207 Å². The standard InChI is InChI=1S/C26H18N2O4.2ClH/c29-25(30)20-5-1-17(2-6-20)15-23-22(19-9-12-27-13-10-19)11-14-28-24(23)16-18-3-7-21(8-4-18)26(31)32;;/h1-16H,(H,29,30)(H,31,32);2*1H. The maximum atomic E-state index is 11.2. The molecule has 0 aliphatic heterocycles. The Bertz CT molecular complexity index is 1410. The van der Waals surface area contributed by atoms with Crippen LogP contribution in [0.4, 0.5) is 0 Å². The molecule has 2 heterocycles. The van der Waals surface area contributed by atoms with Gasteiger partial charge in [-0.25, -0.2) is 9.59 Å². The second-order valence-corrected chi connectivity index (χ2v) is 7.04. The van der Waals surface area contributed by atoms with Crippen LogP contribution >= 0.6 is 24.8 Å². The third-order valence-electron chi connectivity index (χ3n) is 4.94. The van der Waals surface area contributed by atoms with Crippen LogP contribution in [0.1, 0.15) is 31.8 Å². The van der Waals surface area contributed by atoms with Gasteiger partial charge in [-0.1, -0.05) is 24.3 Å². The van der Waals surface area contributed by atoms with Crippen LogP contribution in [-0.4, -0.2) is 32.1 Å². The Morgan fingerprint density at radius 1 is 0.647 bits per heavy atom. The first kappa shape index (κ1) is 26.3. The number of carboxylic acid groups (broad SMARTS) is 2. The lowest BCUT2D eigenvalue weighted by Crippen LogP contribution is -2.30. The molecule has 0 aliphatic carbocycles. The molecule has 8 heteroatoms. The van der Waals surface area contributed by atoms with Gasteiger partial charge < -0.3 is 10.2 Å². The fourth-order valence-electron chi connectivity index (χ4n) is 3.31. The molecule has 2 N–H and O–H groups in total. The highest BCUT2D eigenvalue weighted by Gasteiger charge is 2.05. The average molecular weight is 495 g/mol. The average Bonchev–Trinajstić information content (AvgIpc) is 2.81. The van der Waals surface area contributed by atoms with E-state index in [-0.39, 0.29) is 35.9 Å². The van der Waals surface area contributed by atoms with Crippen molar-refractivity contribution in [3.05, 3.63) is 118 Å². The van der Waals surface area contributed by atoms with E-state index < -0.39 is 11.9 Å². The molecule has 4 aromatic rings. The summed E-state index contributed by atoms with van der Waals surface area (Å²) < 4.78 is 0. The van der Waals surface area contributed by atoms with E-state index in [4.69, 9.17) is 10.2 Å². The van der Waals surface area contributed by atoms with Gasteiger partial charge in [0.1, 0.15) is 0 Å². The molecule has 0 spiro atoms. The maximum absolute atomic E-state index is 11.2. The number of carbonyl (C=O) groups is 2. The summed E-state index contributed by atoms with van der Waals surface area (Å²) in [5.41, 5.74) is 3.98. The van der Waals surface area contributed by atoms with E-state index in [9.17, 15) is 9.59 Å². The summed E-state index contributed by atoms with van der Waals surface area (Å²) in [4.78, 5) is 30.9. The Balaban J connectivity index is 0.00000204. The minimum absolute atomic E-state index is 0. The van der Waals surface area contributed by atoms with Crippen molar-refractivity contribution in [1.82, 2.24) is 9.97 Å². The summed E-state index contributed by atoms with van der Waals surface area (Å²) >= 11 is 0. The number of rotatable bonds is 5. The van der Waals surface area contributed by atoms with Crippen LogP contribution in [0.15, 0.2) is 85.3 Å². The minimum Gasteiger partial charge on any atom is -0.478 e. The second kappa shape index (κ2) is 11.7. The van der Waals surface area contributed by atoms with E-state index in [1.54, 1.807) is 67.1 Å². The SMILES string of the molecule is Cl.Cl.O=C(O)c1ccc(C=c2nccc(-c3ccncc3)c2=Cc2ccc(C(=O)O)cc2)cc1. The molecule has 0 amide bonds. The van der Waals surface area contributed by atoms with Gasteiger partial charge >= 0.3 is 11.9 Å². The summed E-state index contributed by atoms with van der Waals surface area (Å²) in [5, 5.41) is 19.8. The molecule has 4 rings (SSSR count). The quantitative estimate of drug-likeness (QED) is 0.434. The number of halogens is 2. The maximum Gasteiger partial charge on any atom is 0.335 e. The van der Waals surface area contributed by atoms with Crippen LogP contribution < -0.4 is 10.6 Å². The van der Waals surface area contributed by atoms with Crippen LogP contribution in [0, 0.1) is 0 Å². The Morgan fingerprint density at radius 2 is 1.15 bits per heavy atom. The Kier molecular flexibility index (Phi) is 9.07. The number of benzene rings is 2. The topological polar surface area (TPSA) is 100 Å². The zero-order valence-electron chi connectivity index (χ0n) is 17.7. The van der Waals surface area contributed by atoms with Crippen molar-refractivity contribution in [2.45, 2.75) is 0 Å². The minimum atomic E-state index is -0.979. The first-order chi connectivity index (χ1) is 15.5. The number of carboxylic acids is 2. The van der Waals surface area contributed by atoms with Gasteiger partial charge in [-0.3, -0.25) is 9.97 Å². The van der Waals surface area contributed by atoms with Gasteiger partial charge in [0.25, 0.3) is 0 Å². The highest BCUT2D eigenvalue weighted by Crippen LogP contribution is 2.13. The van der Waals surface area contributed by atoms with Crippen LogP contribution in [-0.2, 0) is 0 Å².